The average molecular weight is 297 g/mol. The zero-order valence-electron chi connectivity index (χ0n) is 13.6. The molecule has 2 aromatic carbocycles. The lowest BCUT2D eigenvalue weighted by molar-refractivity contribution is -0.119. The summed E-state index contributed by atoms with van der Waals surface area (Å²) in [4.78, 5) is 11.1. The van der Waals surface area contributed by atoms with E-state index in [2.05, 4.69) is 23.5 Å². The van der Waals surface area contributed by atoms with E-state index in [1.807, 2.05) is 51.1 Å². The first-order chi connectivity index (χ1) is 10.5. The van der Waals surface area contributed by atoms with Gasteiger partial charge in [0.2, 0.25) is 5.91 Å². The molecular formula is C19H23NO2. The van der Waals surface area contributed by atoms with Crippen LogP contribution < -0.4 is 10.1 Å². The summed E-state index contributed by atoms with van der Waals surface area (Å²) in [7, 11) is 0. The molecule has 1 atom stereocenters. The van der Waals surface area contributed by atoms with Crippen molar-refractivity contribution in [2.75, 3.05) is 0 Å². The standard InChI is InChI=1S/C19H23NO2/c1-13(2)22-19-7-5-6-18(12-19)17-10-8-16(9-11-17)14(3)20-15(4)21/h5-14H,1-4H3,(H,20,21). The summed E-state index contributed by atoms with van der Waals surface area (Å²) < 4.78 is 5.73. The molecule has 2 rings (SSSR count). The molecule has 3 heteroatoms. The highest BCUT2D eigenvalue weighted by Crippen LogP contribution is 2.26. The van der Waals surface area contributed by atoms with Gasteiger partial charge in [0.25, 0.3) is 0 Å². The van der Waals surface area contributed by atoms with Gasteiger partial charge in [-0.2, -0.15) is 0 Å². The van der Waals surface area contributed by atoms with E-state index in [4.69, 9.17) is 4.74 Å². The quantitative estimate of drug-likeness (QED) is 0.891. The van der Waals surface area contributed by atoms with Crippen LogP contribution in [0.5, 0.6) is 5.75 Å². The molecule has 0 fully saturated rings. The van der Waals surface area contributed by atoms with Crippen molar-refractivity contribution < 1.29 is 9.53 Å². The second-order valence-corrected chi connectivity index (χ2v) is 5.74. The van der Waals surface area contributed by atoms with E-state index in [1.165, 1.54) is 6.92 Å². The molecule has 0 radical (unpaired) electrons. The van der Waals surface area contributed by atoms with Crippen LogP contribution >= 0.6 is 0 Å². The third-order valence-corrected chi connectivity index (χ3v) is 3.37. The van der Waals surface area contributed by atoms with Crippen LogP contribution in [-0.4, -0.2) is 12.0 Å². The van der Waals surface area contributed by atoms with Gasteiger partial charge in [0.15, 0.2) is 0 Å². The molecule has 0 aliphatic heterocycles. The third kappa shape index (κ3) is 4.35. The largest absolute Gasteiger partial charge is 0.491 e. The van der Waals surface area contributed by atoms with Gasteiger partial charge in [0, 0.05) is 6.92 Å². The summed E-state index contributed by atoms with van der Waals surface area (Å²) in [6, 6.07) is 16.3. The minimum atomic E-state index is -0.0184. The topological polar surface area (TPSA) is 38.3 Å². The zero-order chi connectivity index (χ0) is 16.1. The van der Waals surface area contributed by atoms with Crippen LogP contribution in [0.2, 0.25) is 0 Å². The highest BCUT2D eigenvalue weighted by Gasteiger charge is 2.07. The molecule has 1 N–H and O–H groups in total. The van der Waals surface area contributed by atoms with Crippen LogP contribution in [0, 0.1) is 0 Å². The normalized spacial score (nSPS) is 12.0. The fraction of sp³-hybridized carbons (Fsp3) is 0.316. The molecule has 0 saturated carbocycles. The number of hydrogen-bond donors (Lipinski definition) is 1. The first-order valence-corrected chi connectivity index (χ1v) is 7.60. The van der Waals surface area contributed by atoms with Crippen LogP contribution in [-0.2, 0) is 4.79 Å². The van der Waals surface area contributed by atoms with Gasteiger partial charge < -0.3 is 10.1 Å². The number of amides is 1. The van der Waals surface area contributed by atoms with Gasteiger partial charge >= 0.3 is 0 Å². The Hall–Kier alpha value is -2.29. The molecule has 1 unspecified atom stereocenters. The van der Waals surface area contributed by atoms with Crippen molar-refractivity contribution in [3.63, 3.8) is 0 Å². The minimum absolute atomic E-state index is 0.0159. The molecule has 0 aliphatic carbocycles. The van der Waals surface area contributed by atoms with Crippen LogP contribution in [0.1, 0.15) is 39.3 Å². The number of hydrogen-bond acceptors (Lipinski definition) is 2. The van der Waals surface area contributed by atoms with Crippen molar-refractivity contribution in [1.29, 1.82) is 0 Å². The minimum Gasteiger partial charge on any atom is -0.491 e. The molecule has 0 aliphatic rings. The van der Waals surface area contributed by atoms with Crippen LogP contribution in [0.4, 0.5) is 0 Å². The molecule has 0 aromatic heterocycles. The lowest BCUT2D eigenvalue weighted by Gasteiger charge is -2.14. The maximum atomic E-state index is 11.1. The van der Waals surface area contributed by atoms with Gasteiger partial charge in [-0.1, -0.05) is 36.4 Å². The molecule has 1 amide bonds. The second kappa shape index (κ2) is 7.12. The fourth-order valence-electron chi connectivity index (χ4n) is 2.37. The van der Waals surface area contributed by atoms with Crippen LogP contribution in [0.25, 0.3) is 11.1 Å². The van der Waals surface area contributed by atoms with E-state index >= 15 is 0 Å². The van der Waals surface area contributed by atoms with Crippen LogP contribution in [0.3, 0.4) is 0 Å². The van der Waals surface area contributed by atoms with E-state index in [1.54, 1.807) is 0 Å². The number of nitrogens with one attached hydrogen (secondary N) is 1. The van der Waals surface area contributed by atoms with Crippen molar-refractivity contribution in [2.45, 2.75) is 39.8 Å². The monoisotopic (exact) mass is 297 g/mol. The van der Waals surface area contributed by atoms with Crippen molar-refractivity contribution >= 4 is 5.91 Å². The van der Waals surface area contributed by atoms with E-state index in [9.17, 15) is 4.79 Å². The Bertz CT molecular complexity index is 632. The van der Waals surface area contributed by atoms with Gasteiger partial charge in [-0.15, -0.1) is 0 Å². The maximum Gasteiger partial charge on any atom is 0.217 e. The molecular weight excluding hydrogens is 274 g/mol. The van der Waals surface area contributed by atoms with E-state index in [0.29, 0.717) is 0 Å². The zero-order valence-corrected chi connectivity index (χ0v) is 13.6. The highest BCUT2D eigenvalue weighted by atomic mass is 16.5. The molecule has 0 heterocycles. The summed E-state index contributed by atoms with van der Waals surface area (Å²) in [5, 5.41) is 2.89. The smallest absolute Gasteiger partial charge is 0.217 e. The van der Waals surface area contributed by atoms with E-state index in [0.717, 1.165) is 22.4 Å². The van der Waals surface area contributed by atoms with E-state index < -0.39 is 0 Å². The van der Waals surface area contributed by atoms with Crippen LogP contribution in [0.15, 0.2) is 48.5 Å². The molecule has 0 bridgehead atoms. The Morgan fingerprint density at radius 1 is 1.00 bits per heavy atom. The molecule has 22 heavy (non-hydrogen) atoms. The second-order valence-electron chi connectivity index (χ2n) is 5.74. The Labute approximate surface area is 132 Å². The van der Waals surface area contributed by atoms with Crippen molar-refractivity contribution in [3.8, 4) is 16.9 Å². The van der Waals surface area contributed by atoms with Crippen molar-refractivity contribution in [3.05, 3.63) is 54.1 Å². The number of carbonyl (C=O) groups excluding carboxylic acids is 1. The van der Waals surface area contributed by atoms with Crippen molar-refractivity contribution in [2.24, 2.45) is 0 Å². The Morgan fingerprint density at radius 3 is 2.27 bits per heavy atom. The molecule has 3 nitrogen and oxygen atoms in total. The molecule has 2 aromatic rings. The molecule has 0 saturated heterocycles. The third-order valence-electron chi connectivity index (χ3n) is 3.37. The maximum absolute atomic E-state index is 11.1. The predicted octanol–water partition coefficient (Wildman–Crippen LogP) is 4.34. The van der Waals surface area contributed by atoms with Gasteiger partial charge in [0.1, 0.15) is 5.75 Å². The number of carbonyl (C=O) groups is 1. The highest BCUT2D eigenvalue weighted by molar-refractivity contribution is 5.73. The first kappa shape index (κ1) is 16.1. The lowest BCUT2D eigenvalue weighted by Crippen LogP contribution is -2.23. The average Bonchev–Trinajstić information content (AvgIpc) is 2.46. The number of benzene rings is 2. The molecule has 116 valence electrons. The SMILES string of the molecule is CC(=O)NC(C)c1ccc(-c2cccc(OC(C)C)c2)cc1. The fourth-order valence-corrected chi connectivity index (χ4v) is 2.37. The molecule has 0 spiro atoms. The first-order valence-electron chi connectivity index (χ1n) is 7.60. The Kier molecular flexibility index (Phi) is 5.21. The lowest BCUT2D eigenvalue weighted by atomic mass is 10.0. The van der Waals surface area contributed by atoms with Gasteiger partial charge in [-0.25, -0.2) is 0 Å². The van der Waals surface area contributed by atoms with Gasteiger partial charge in [-0.3, -0.25) is 4.79 Å². The summed E-state index contributed by atoms with van der Waals surface area (Å²) in [5.74, 6) is 0.860. The summed E-state index contributed by atoms with van der Waals surface area (Å²) in [6.07, 6.45) is 0.163. The van der Waals surface area contributed by atoms with E-state index in [-0.39, 0.29) is 18.1 Å². The summed E-state index contributed by atoms with van der Waals surface area (Å²) >= 11 is 0. The summed E-state index contributed by atoms with van der Waals surface area (Å²) in [5.41, 5.74) is 3.35. The van der Waals surface area contributed by atoms with Crippen molar-refractivity contribution in [1.82, 2.24) is 5.32 Å². The van der Waals surface area contributed by atoms with Gasteiger partial charge in [-0.05, 0) is 49.6 Å². The Balaban J connectivity index is 2.18. The van der Waals surface area contributed by atoms with Gasteiger partial charge in [0.05, 0.1) is 12.1 Å². The predicted molar refractivity (Wildman–Crippen MR) is 89.9 cm³/mol. The Morgan fingerprint density at radius 2 is 1.68 bits per heavy atom. The number of rotatable bonds is 5. The number of ether oxygens (including phenoxy) is 1. The summed E-state index contributed by atoms with van der Waals surface area (Å²) in [6.45, 7) is 7.55.